The molecule has 10 heavy (non-hydrogen) atoms. The van der Waals surface area contributed by atoms with E-state index in [1.54, 1.807) is 5.29 Å². The topological polar surface area (TPSA) is 0 Å². The van der Waals surface area contributed by atoms with Gasteiger partial charge in [-0.05, 0) is 31.8 Å². The SMILES string of the molecule is CCCC(C)=PSCC.S. The minimum absolute atomic E-state index is 0. The van der Waals surface area contributed by atoms with Crippen LogP contribution in [0.25, 0.3) is 0 Å². The van der Waals surface area contributed by atoms with E-state index in [0.29, 0.717) is 0 Å². The molecule has 0 radical (unpaired) electrons. The number of rotatable bonds is 4. The zero-order valence-corrected chi connectivity index (χ0v) is 9.69. The molecular weight excluding hydrogens is 179 g/mol. The van der Waals surface area contributed by atoms with Crippen LogP contribution in [0, 0.1) is 0 Å². The fraction of sp³-hybridized carbons (Fsp3) is 0.857. The van der Waals surface area contributed by atoms with Gasteiger partial charge in [-0.15, -0.1) is 11.4 Å². The molecule has 0 nitrogen and oxygen atoms in total. The van der Waals surface area contributed by atoms with Crippen molar-refractivity contribution in [3.8, 4) is 0 Å². The van der Waals surface area contributed by atoms with Gasteiger partial charge in [0.05, 0.1) is 0 Å². The Hall–Kier alpha value is 0.870. The summed E-state index contributed by atoms with van der Waals surface area (Å²) >= 11 is 1.99. The van der Waals surface area contributed by atoms with Crippen molar-refractivity contribution in [3.05, 3.63) is 0 Å². The van der Waals surface area contributed by atoms with Crippen molar-refractivity contribution in [2.75, 3.05) is 5.75 Å². The Labute approximate surface area is 77.2 Å². The lowest BCUT2D eigenvalue weighted by Gasteiger charge is -1.93. The van der Waals surface area contributed by atoms with Crippen molar-refractivity contribution in [1.82, 2.24) is 0 Å². The highest BCUT2D eigenvalue weighted by Gasteiger charge is 1.85. The van der Waals surface area contributed by atoms with E-state index in [9.17, 15) is 0 Å². The van der Waals surface area contributed by atoms with Crippen molar-refractivity contribution < 1.29 is 0 Å². The van der Waals surface area contributed by atoms with E-state index in [4.69, 9.17) is 0 Å². The van der Waals surface area contributed by atoms with E-state index in [0.717, 1.165) is 0 Å². The molecule has 0 amide bonds. The Balaban J connectivity index is 0. The highest BCUT2D eigenvalue weighted by molar-refractivity contribution is 8.48. The molecule has 0 unspecified atom stereocenters. The lowest BCUT2D eigenvalue weighted by molar-refractivity contribution is 1.00. The summed E-state index contributed by atoms with van der Waals surface area (Å²) in [6, 6.07) is 0. The lowest BCUT2D eigenvalue weighted by atomic mass is 10.3. The highest BCUT2D eigenvalue weighted by Crippen LogP contribution is 2.21. The molecule has 0 aliphatic heterocycles. The maximum Gasteiger partial charge on any atom is -0.000989 e. The van der Waals surface area contributed by atoms with Crippen LogP contribution in [-0.2, 0) is 0 Å². The van der Waals surface area contributed by atoms with Gasteiger partial charge in [-0.3, -0.25) is 0 Å². The summed E-state index contributed by atoms with van der Waals surface area (Å²) in [5.74, 6) is 1.24. The Bertz CT molecular complexity index is 91.6. The molecule has 0 aliphatic carbocycles. The molecule has 0 aromatic carbocycles. The largest absolute Gasteiger partial charge is 0.197 e. The lowest BCUT2D eigenvalue weighted by Crippen LogP contribution is -1.82. The summed E-state index contributed by atoms with van der Waals surface area (Å²) < 4.78 is 0. The van der Waals surface area contributed by atoms with Crippen LogP contribution in [0.4, 0.5) is 0 Å². The van der Waals surface area contributed by atoms with E-state index in [-0.39, 0.29) is 13.5 Å². The Morgan fingerprint density at radius 2 is 2.00 bits per heavy atom. The van der Waals surface area contributed by atoms with Crippen LogP contribution in [0.3, 0.4) is 0 Å². The van der Waals surface area contributed by atoms with Gasteiger partial charge in [-0.25, -0.2) is 0 Å². The molecule has 0 saturated carbocycles. The van der Waals surface area contributed by atoms with Gasteiger partial charge in [-0.2, -0.15) is 13.5 Å². The molecule has 0 heterocycles. The van der Waals surface area contributed by atoms with Crippen molar-refractivity contribution >= 4 is 37.6 Å². The molecule has 0 saturated heterocycles. The maximum absolute atomic E-state index is 2.24. The van der Waals surface area contributed by atoms with Crippen LogP contribution in [0.15, 0.2) is 0 Å². The van der Waals surface area contributed by atoms with Crippen LogP contribution in [0.2, 0.25) is 0 Å². The van der Waals surface area contributed by atoms with Crippen LogP contribution in [0.5, 0.6) is 0 Å². The third kappa shape index (κ3) is 8.87. The molecule has 0 spiro atoms. The minimum Gasteiger partial charge on any atom is -0.197 e. The average molecular weight is 196 g/mol. The predicted molar refractivity (Wildman–Crippen MR) is 61.0 cm³/mol. The smallest absolute Gasteiger partial charge is 0.000989 e. The molecule has 0 N–H and O–H groups in total. The van der Waals surface area contributed by atoms with Crippen LogP contribution in [0.1, 0.15) is 33.6 Å². The first-order valence-corrected chi connectivity index (χ1v) is 5.95. The molecule has 0 rings (SSSR count). The molecule has 0 atom stereocenters. The van der Waals surface area contributed by atoms with Gasteiger partial charge in [0.25, 0.3) is 0 Å². The summed E-state index contributed by atoms with van der Waals surface area (Å²) in [5.41, 5.74) is 0. The second-order valence-electron chi connectivity index (χ2n) is 1.99. The molecule has 0 aliphatic rings. The Morgan fingerprint density at radius 1 is 1.40 bits per heavy atom. The van der Waals surface area contributed by atoms with Crippen molar-refractivity contribution in [3.63, 3.8) is 0 Å². The fourth-order valence-electron chi connectivity index (χ4n) is 0.582. The third-order valence-corrected chi connectivity index (χ3v) is 3.98. The molecule has 0 aromatic heterocycles. The van der Waals surface area contributed by atoms with Crippen molar-refractivity contribution in [2.24, 2.45) is 0 Å². The summed E-state index contributed by atoms with van der Waals surface area (Å²) in [7, 11) is 1.49. The van der Waals surface area contributed by atoms with Gasteiger partial charge >= 0.3 is 0 Å². The van der Waals surface area contributed by atoms with Gasteiger partial charge in [0.2, 0.25) is 0 Å². The first kappa shape index (κ1) is 13.5. The monoisotopic (exact) mass is 196 g/mol. The average Bonchev–Trinajstić information content (AvgIpc) is 1.85. The van der Waals surface area contributed by atoms with Gasteiger partial charge < -0.3 is 0 Å². The molecule has 0 bridgehead atoms. The van der Waals surface area contributed by atoms with Gasteiger partial charge in [0.15, 0.2) is 0 Å². The molecule has 0 aromatic rings. The van der Waals surface area contributed by atoms with Gasteiger partial charge in [0.1, 0.15) is 0 Å². The Morgan fingerprint density at radius 3 is 2.40 bits per heavy atom. The number of hydrogen-bond donors (Lipinski definition) is 0. The normalized spacial score (nSPS) is 10.9. The van der Waals surface area contributed by atoms with E-state index < -0.39 is 0 Å². The van der Waals surface area contributed by atoms with Gasteiger partial charge in [-0.1, -0.05) is 20.3 Å². The summed E-state index contributed by atoms with van der Waals surface area (Å²) in [4.78, 5) is 0. The second-order valence-corrected chi connectivity index (χ2v) is 5.10. The zero-order chi connectivity index (χ0) is 7.11. The summed E-state index contributed by atoms with van der Waals surface area (Å²) in [6.07, 6.45) is 2.59. The van der Waals surface area contributed by atoms with E-state index in [2.05, 4.69) is 20.8 Å². The summed E-state index contributed by atoms with van der Waals surface area (Å²) in [6.45, 7) is 6.68. The standard InChI is InChI=1S/C7H15PS.H2S/c1-4-6-7(3)8-9-5-2;/h4-6H2,1-3H3;1H2. The second kappa shape index (κ2) is 9.87. The van der Waals surface area contributed by atoms with Crippen LogP contribution < -0.4 is 0 Å². The first-order chi connectivity index (χ1) is 4.31. The minimum atomic E-state index is 0. The van der Waals surface area contributed by atoms with Crippen molar-refractivity contribution in [1.29, 1.82) is 0 Å². The molecule has 0 fully saturated rings. The first-order valence-electron chi connectivity index (χ1n) is 3.46. The molecular formula is C7H17PS2. The van der Waals surface area contributed by atoms with Gasteiger partial charge in [0, 0.05) is 0 Å². The molecule has 3 heteroatoms. The summed E-state index contributed by atoms with van der Waals surface area (Å²) in [5, 5.41) is 1.62. The fourth-order valence-corrected chi connectivity index (χ4v) is 2.57. The van der Waals surface area contributed by atoms with E-state index >= 15 is 0 Å². The highest BCUT2D eigenvalue weighted by atomic mass is 32.7. The van der Waals surface area contributed by atoms with Crippen LogP contribution in [-0.4, -0.2) is 11.0 Å². The quantitative estimate of drug-likeness (QED) is 0.618. The molecule has 62 valence electrons. The van der Waals surface area contributed by atoms with E-state index in [1.165, 1.54) is 26.0 Å². The van der Waals surface area contributed by atoms with Crippen LogP contribution >= 0.6 is 32.3 Å². The van der Waals surface area contributed by atoms with Crippen molar-refractivity contribution in [2.45, 2.75) is 33.6 Å². The maximum atomic E-state index is 2.24. The predicted octanol–water partition coefficient (Wildman–Crippen LogP) is 3.71. The third-order valence-electron chi connectivity index (χ3n) is 0.961. The Kier molecular flexibility index (Phi) is 13.3. The van der Waals surface area contributed by atoms with E-state index in [1.807, 2.05) is 11.4 Å². The number of hydrogen-bond acceptors (Lipinski definition) is 1. The zero-order valence-electron chi connectivity index (χ0n) is 6.98.